The van der Waals surface area contributed by atoms with Crippen LogP contribution in [-0.4, -0.2) is 35.5 Å². The molecule has 0 spiro atoms. The molecule has 3 rings (SSSR count). The highest BCUT2D eigenvalue weighted by Crippen LogP contribution is 2.44. The summed E-state index contributed by atoms with van der Waals surface area (Å²) < 4.78 is 5.30. The van der Waals surface area contributed by atoms with Gasteiger partial charge in [-0.05, 0) is 22.3 Å². The number of carboxylic acid groups (broad SMARTS) is 1. The van der Waals surface area contributed by atoms with Crippen LogP contribution < -0.4 is 5.73 Å². The number of benzene rings is 2. The highest BCUT2D eigenvalue weighted by Gasteiger charge is 2.30. The highest BCUT2D eigenvalue weighted by atomic mass is 16.5. The average molecular weight is 353 g/mol. The van der Waals surface area contributed by atoms with Crippen molar-refractivity contribution in [3.8, 4) is 11.1 Å². The Balaban J connectivity index is 1.69. The maximum atomic E-state index is 12.1. The molecular formula is C20H19NO5. The van der Waals surface area contributed by atoms with Gasteiger partial charge in [-0.15, -0.1) is 0 Å². The number of Topliss-reactive ketones (excluding diaryl/α,β-unsaturated/α-hetero) is 1. The van der Waals surface area contributed by atoms with Gasteiger partial charge in [0, 0.05) is 12.3 Å². The number of hydrogen-bond acceptors (Lipinski definition) is 5. The fraction of sp³-hybridized carbons (Fsp3) is 0.250. The molecule has 0 radical (unpaired) electrons. The molecule has 2 aromatic rings. The standard InChI is InChI=1S/C20H19NO5/c21-19(17(22)9-10-18(23)24)20(25)26-11-16-14-7-3-1-5-12(14)13-6-2-4-8-15(13)16/h1-8,16,19H,9-11,21H2,(H,23,24). The van der Waals surface area contributed by atoms with Gasteiger partial charge >= 0.3 is 11.9 Å². The molecule has 1 aliphatic rings. The van der Waals surface area contributed by atoms with Gasteiger partial charge < -0.3 is 15.6 Å². The van der Waals surface area contributed by atoms with Crippen molar-refractivity contribution in [1.29, 1.82) is 0 Å². The van der Waals surface area contributed by atoms with E-state index < -0.39 is 23.8 Å². The lowest BCUT2D eigenvalue weighted by molar-refractivity contribution is -0.149. The molecule has 0 aliphatic heterocycles. The Morgan fingerprint density at radius 1 is 0.962 bits per heavy atom. The summed E-state index contributed by atoms with van der Waals surface area (Å²) in [5.41, 5.74) is 9.93. The van der Waals surface area contributed by atoms with Crippen molar-refractivity contribution in [3.05, 3.63) is 59.7 Å². The van der Waals surface area contributed by atoms with Crippen LogP contribution >= 0.6 is 0 Å². The number of hydrogen-bond donors (Lipinski definition) is 2. The first-order chi connectivity index (χ1) is 12.5. The van der Waals surface area contributed by atoms with Gasteiger partial charge in [-0.25, -0.2) is 4.79 Å². The van der Waals surface area contributed by atoms with E-state index in [1.807, 2.05) is 48.5 Å². The van der Waals surface area contributed by atoms with E-state index in [4.69, 9.17) is 15.6 Å². The van der Waals surface area contributed by atoms with Gasteiger partial charge in [0.15, 0.2) is 11.8 Å². The van der Waals surface area contributed by atoms with Crippen LogP contribution in [0.25, 0.3) is 11.1 Å². The number of fused-ring (bicyclic) bond motifs is 3. The highest BCUT2D eigenvalue weighted by molar-refractivity contribution is 6.03. The predicted molar refractivity (Wildman–Crippen MR) is 94.5 cm³/mol. The van der Waals surface area contributed by atoms with Crippen LogP contribution in [0.1, 0.15) is 29.9 Å². The maximum absolute atomic E-state index is 12.1. The number of nitrogens with two attached hydrogens (primary N) is 1. The molecule has 134 valence electrons. The number of carbonyl (C=O) groups excluding carboxylic acids is 2. The van der Waals surface area contributed by atoms with Crippen LogP contribution in [0.15, 0.2) is 48.5 Å². The lowest BCUT2D eigenvalue weighted by atomic mass is 9.98. The third-order valence-corrected chi connectivity index (χ3v) is 4.54. The number of esters is 1. The zero-order valence-corrected chi connectivity index (χ0v) is 14.1. The molecule has 0 amide bonds. The van der Waals surface area contributed by atoms with Gasteiger partial charge in [0.25, 0.3) is 0 Å². The van der Waals surface area contributed by atoms with Crippen molar-refractivity contribution >= 4 is 17.7 Å². The summed E-state index contributed by atoms with van der Waals surface area (Å²) in [7, 11) is 0. The van der Waals surface area contributed by atoms with Crippen LogP contribution in [0.3, 0.4) is 0 Å². The summed E-state index contributed by atoms with van der Waals surface area (Å²) in [5.74, 6) is -2.70. The van der Waals surface area contributed by atoms with Gasteiger partial charge in [-0.2, -0.15) is 0 Å². The van der Waals surface area contributed by atoms with Gasteiger partial charge in [-0.1, -0.05) is 48.5 Å². The van der Waals surface area contributed by atoms with E-state index in [1.165, 1.54) is 0 Å². The second-order valence-electron chi connectivity index (χ2n) is 6.19. The molecule has 1 aliphatic carbocycles. The minimum absolute atomic E-state index is 0.0762. The van der Waals surface area contributed by atoms with Gasteiger partial charge in [0.1, 0.15) is 6.61 Å². The quantitative estimate of drug-likeness (QED) is 0.583. The first-order valence-corrected chi connectivity index (χ1v) is 8.34. The van der Waals surface area contributed by atoms with E-state index >= 15 is 0 Å². The van der Waals surface area contributed by atoms with Crippen molar-refractivity contribution in [1.82, 2.24) is 0 Å². The fourth-order valence-corrected chi connectivity index (χ4v) is 3.21. The SMILES string of the molecule is NC(C(=O)CCC(=O)O)C(=O)OCC1c2ccccc2-c2ccccc21. The Kier molecular flexibility index (Phi) is 5.14. The van der Waals surface area contributed by atoms with E-state index in [2.05, 4.69) is 0 Å². The summed E-state index contributed by atoms with van der Waals surface area (Å²) in [6.45, 7) is 0.0762. The molecule has 0 fully saturated rings. The van der Waals surface area contributed by atoms with E-state index in [1.54, 1.807) is 0 Å². The topological polar surface area (TPSA) is 107 Å². The molecule has 26 heavy (non-hydrogen) atoms. The molecule has 2 aromatic carbocycles. The maximum Gasteiger partial charge on any atom is 0.330 e. The summed E-state index contributed by atoms with van der Waals surface area (Å²) in [4.78, 5) is 34.4. The molecule has 0 saturated carbocycles. The fourth-order valence-electron chi connectivity index (χ4n) is 3.21. The first-order valence-electron chi connectivity index (χ1n) is 8.34. The number of carbonyl (C=O) groups is 3. The van der Waals surface area contributed by atoms with Crippen LogP contribution in [0.2, 0.25) is 0 Å². The number of rotatable bonds is 7. The van der Waals surface area contributed by atoms with Crippen molar-refractivity contribution < 1.29 is 24.2 Å². The van der Waals surface area contributed by atoms with Crippen LogP contribution in [0, 0.1) is 0 Å². The molecule has 1 unspecified atom stereocenters. The lowest BCUT2D eigenvalue weighted by Crippen LogP contribution is -2.40. The molecule has 6 heteroatoms. The van der Waals surface area contributed by atoms with Crippen LogP contribution in [0.5, 0.6) is 0 Å². The molecule has 0 heterocycles. The monoisotopic (exact) mass is 353 g/mol. The predicted octanol–water partition coefficient (Wildman–Crippen LogP) is 2.10. The largest absolute Gasteiger partial charge is 0.481 e. The Bertz CT molecular complexity index is 815. The summed E-state index contributed by atoms with van der Waals surface area (Å²) >= 11 is 0. The zero-order chi connectivity index (χ0) is 18.7. The number of ether oxygens (including phenoxy) is 1. The van der Waals surface area contributed by atoms with E-state index in [0.29, 0.717) is 0 Å². The van der Waals surface area contributed by atoms with Crippen LogP contribution in [0.4, 0.5) is 0 Å². The van der Waals surface area contributed by atoms with E-state index in [9.17, 15) is 14.4 Å². The van der Waals surface area contributed by atoms with Gasteiger partial charge in [0.05, 0.1) is 6.42 Å². The smallest absolute Gasteiger partial charge is 0.330 e. The minimum Gasteiger partial charge on any atom is -0.481 e. The van der Waals surface area contributed by atoms with Gasteiger partial charge in [-0.3, -0.25) is 9.59 Å². The second kappa shape index (κ2) is 7.49. The summed E-state index contributed by atoms with van der Waals surface area (Å²) in [6, 6.07) is 14.4. The number of ketones is 1. The summed E-state index contributed by atoms with van der Waals surface area (Å²) in [5, 5.41) is 8.61. The van der Waals surface area contributed by atoms with Crippen LogP contribution in [-0.2, 0) is 19.1 Å². The lowest BCUT2D eigenvalue weighted by Gasteiger charge is -2.16. The normalized spacial score (nSPS) is 13.6. The van der Waals surface area contributed by atoms with Gasteiger partial charge in [0.2, 0.25) is 0 Å². The van der Waals surface area contributed by atoms with E-state index in [-0.39, 0.29) is 25.4 Å². The third kappa shape index (κ3) is 3.50. The zero-order valence-electron chi connectivity index (χ0n) is 14.1. The molecule has 6 nitrogen and oxygen atoms in total. The van der Waals surface area contributed by atoms with E-state index in [0.717, 1.165) is 22.3 Å². The molecule has 0 saturated heterocycles. The molecular weight excluding hydrogens is 334 g/mol. The average Bonchev–Trinajstić information content (AvgIpc) is 2.97. The summed E-state index contributed by atoms with van der Waals surface area (Å²) in [6.07, 6.45) is -0.649. The molecule has 3 N–H and O–H groups in total. The van der Waals surface area contributed by atoms with Crippen molar-refractivity contribution in [3.63, 3.8) is 0 Å². The first kappa shape index (κ1) is 17.8. The molecule has 0 aromatic heterocycles. The Hall–Kier alpha value is -2.99. The number of carboxylic acids is 1. The third-order valence-electron chi connectivity index (χ3n) is 4.54. The Morgan fingerprint density at radius 3 is 2.04 bits per heavy atom. The second-order valence-corrected chi connectivity index (χ2v) is 6.19. The van der Waals surface area contributed by atoms with Crippen molar-refractivity contribution in [2.24, 2.45) is 5.73 Å². The molecule has 1 atom stereocenters. The molecule has 0 bridgehead atoms. The Labute approximate surface area is 150 Å². The Morgan fingerprint density at radius 2 is 1.50 bits per heavy atom. The van der Waals surface area contributed by atoms with Crippen molar-refractivity contribution in [2.75, 3.05) is 6.61 Å². The number of aliphatic carboxylic acids is 1. The van der Waals surface area contributed by atoms with Crippen molar-refractivity contribution in [2.45, 2.75) is 24.8 Å². The minimum atomic E-state index is -1.46.